The standard InChI is InChI=1S/C15H12N2O2S2/c1-19-14(18)9-6-7-12(10(16)8-9)20-15-17-11-4-2-3-5-13(11)21-15/h2-8H,16H2,1H3. The Hall–Kier alpha value is -2.05. The first kappa shape index (κ1) is 13.9. The van der Waals surface area contributed by atoms with Crippen molar-refractivity contribution in [2.75, 3.05) is 12.8 Å². The number of carbonyl (C=O) groups is 1. The van der Waals surface area contributed by atoms with E-state index in [4.69, 9.17) is 5.73 Å². The Bertz CT molecular complexity index is 781. The molecular weight excluding hydrogens is 304 g/mol. The number of hydrogen-bond acceptors (Lipinski definition) is 6. The predicted molar refractivity (Wildman–Crippen MR) is 85.9 cm³/mol. The van der Waals surface area contributed by atoms with Gasteiger partial charge in [-0.3, -0.25) is 0 Å². The van der Waals surface area contributed by atoms with Gasteiger partial charge < -0.3 is 10.5 Å². The summed E-state index contributed by atoms with van der Waals surface area (Å²) < 4.78 is 6.75. The number of nitrogens with two attached hydrogens (primary N) is 1. The molecule has 0 spiro atoms. The summed E-state index contributed by atoms with van der Waals surface area (Å²) in [6.45, 7) is 0. The first-order valence-electron chi connectivity index (χ1n) is 6.18. The lowest BCUT2D eigenvalue weighted by molar-refractivity contribution is 0.0600. The van der Waals surface area contributed by atoms with Crippen molar-refractivity contribution >= 4 is 45.0 Å². The topological polar surface area (TPSA) is 65.2 Å². The highest BCUT2D eigenvalue weighted by Crippen LogP contribution is 2.37. The van der Waals surface area contributed by atoms with Crippen LogP contribution in [0.4, 0.5) is 5.69 Å². The average Bonchev–Trinajstić information content (AvgIpc) is 2.90. The highest BCUT2D eigenvalue weighted by Gasteiger charge is 2.11. The van der Waals surface area contributed by atoms with E-state index >= 15 is 0 Å². The maximum atomic E-state index is 11.5. The minimum Gasteiger partial charge on any atom is -0.465 e. The Balaban J connectivity index is 1.89. The van der Waals surface area contributed by atoms with E-state index in [0.717, 1.165) is 19.5 Å². The number of thiazole rings is 1. The molecule has 2 aromatic carbocycles. The molecule has 3 rings (SSSR count). The monoisotopic (exact) mass is 316 g/mol. The highest BCUT2D eigenvalue weighted by atomic mass is 32.2. The van der Waals surface area contributed by atoms with E-state index < -0.39 is 5.97 Å². The van der Waals surface area contributed by atoms with Gasteiger partial charge >= 0.3 is 5.97 Å². The van der Waals surface area contributed by atoms with Crippen molar-refractivity contribution in [3.05, 3.63) is 48.0 Å². The Morgan fingerprint density at radius 1 is 1.29 bits per heavy atom. The molecule has 0 aliphatic carbocycles. The summed E-state index contributed by atoms with van der Waals surface area (Å²) in [6.07, 6.45) is 0. The van der Waals surface area contributed by atoms with Crippen molar-refractivity contribution < 1.29 is 9.53 Å². The molecule has 0 bridgehead atoms. The molecule has 4 nitrogen and oxygen atoms in total. The van der Waals surface area contributed by atoms with Crippen LogP contribution in [0, 0.1) is 0 Å². The van der Waals surface area contributed by atoms with Crippen molar-refractivity contribution in [3.63, 3.8) is 0 Å². The van der Waals surface area contributed by atoms with Crippen molar-refractivity contribution in [1.29, 1.82) is 0 Å². The number of anilines is 1. The molecule has 0 fully saturated rings. The second-order valence-corrected chi connectivity index (χ2v) is 6.61. The van der Waals surface area contributed by atoms with Crippen LogP contribution in [0.2, 0.25) is 0 Å². The third-order valence-electron chi connectivity index (χ3n) is 2.90. The maximum absolute atomic E-state index is 11.5. The molecule has 0 atom stereocenters. The number of para-hydroxylation sites is 1. The minimum atomic E-state index is -0.391. The highest BCUT2D eigenvalue weighted by molar-refractivity contribution is 8.01. The number of rotatable bonds is 3. The molecule has 0 saturated carbocycles. The number of benzene rings is 2. The Morgan fingerprint density at radius 3 is 2.81 bits per heavy atom. The van der Waals surface area contributed by atoms with E-state index in [1.165, 1.54) is 18.9 Å². The second-order valence-electron chi connectivity index (χ2n) is 4.29. The Morgan fingerprint density at radius 2 is 2.10 bits per heavy atom. The van der Waals surface area contributed by atoms with Gasteiger partial charge in [-0.05, 0) is 30.3 Å². The van der Waals surface area contributed by atoms with E-state index in [1.54, 1.807) is 23.5 Å². The molecule has 0 saturated heterocycles. The summed E-state index contributed by atoms with van der Waals surface area (Å²) >= 11 is 3.12. The van der Waals surface area contributed by atoms with Crippen LogP contribution in [0.1, 0.15) is 10.4 Å². The van der Waals surface area contributed by atoms with Gasteiger partial charge in [0.25, 0.3) is 0 Å². The van der Waals surface area contributed by atoms with Crippen LogP contribution in [0.25, 0.3) is 10.2 Å². The zero-order valence-corrected chi connectivity index (χ0v) is 12.8. The predicted octanol–water partition coefficient (Wildman–Crippen LogP) is 3.82. The van der Waals surface area contributed by atoms with Gasteiger partial charge in [-0.2, -0.15) is 0 Å². The Labute approximate surface area is 129 Å². The molecule has 6 heteroatoms. The smallest absolute Gasteiger partial charge is 0.337 e. The fourth-order valence-corrected chi connectivity index (χ4v) is 3.92. The number of carbonyl (C=O) groups excluding carboxylic acids is 1. The minimum absolute atomic E-state index is 0.391. The number of ether oxygens (including phenoxy) is 1. The number of hydrogen-bond donors (Lipinski definition) is 1. The van der Waals surface area contributed by atoms with Gasteiger partial charge in [-0.15, -0.1) is 11.3 Å². The molecule has 1 heterocycles. The third kappa shape index (κ3) is 2.86. The molecule has 0 unspecified atom stereocenters. The van der Waals surface area contributed by atoms with Gasteiger partial charge in [-0.25, -0.2) is 9.78 Å². The lowest BCUT2D eigenvalue weighted by Gasteiger charge is -2.05. The number of aromatic nitrogens is 1. The van der Waals surface area contributed by atoms with Crippen molar-refractivity contribution in [3.8, 4) is 0 Å². The first-order chi connectivity index (χ1) is 10.2. The number of fused-ring (bicyclic) bond motifs is 1. The van der Waals surface area contributed by atoms with Crippen LogP contribution in [0.3, 0.4) is 0 Å². The lowest BCUT2D eigenvalue weighted by Crippen LogP contribution is -2.02. The zero-order valence-electron chi connectivity index (χ0n) is 11.2. The second kappa shape index (κ2) is 5.75. The quantitative estimate of drug-likeness (QED) is 0.588. The molecule has 0 amide bonds. The fourth-order valence-electron chi connectivity index (χ4n) is 1.88. The molecule has 2 N–H and O–H groups in total. The molecule has 0 aliphatic rings. The van der Waals surface area contributed by atoms with Gasteiger partial charge in [0.2, 0.25) is 0 Å². The van der Waals surface area contributed by atoms with Gasteiger partial charge in [0.1, 0.15) is 0 Å². The molecular formula is C15H12N2O2S2. The van der Waals surface area contributed by atoms with Crippen molar-refractivity contribution in [2.45, 2.75) is 9.24 Å². The van der Waals surface area contributed by atoms with Crippen LogP contribution in [0.15, 0.2) is 51.7 Å². The zero-order chi connectivity index (χ0) is 14.8. The van der Waals surface area contributed by atoms with Crippen LogP contribution in [-0.2, 0) is 4.74 Å². The summed E-state index contributed by atoms with van der Waals surface area (Å²) in [7, 11) is 1.35. The van der Waals surface area contributed by atoms with Gasteiger partial charge in [-0.1, -0.05) is 23.9 Å². The van der Waals surface area contributed by atoms with Crippen LogP contribution in [0.5, 0.6) is 0 Å². The summed E-state index contributed by atoms with van der Waals surface area (Å²) in [5.74, 6) is -0.391. The lowest BCUT2D eigenvalue weighted by atomic mass is 10.2. The Kier molecular flexibility index (Phi) is 3.81. The number of esters is 1. The molecule has 0 aliphatic heterocycles. The van der Waals surface area contributed by atoms with Crippen molar-refractivity contribution in [2.24, 2.45) is 0 Å². The molecule has 21 heavy (non-hydrogen) atoms. The molecule has 0 radical (unpaired) electrons. The molecule has 1 aromatic heterocycles. The number of nitrogens with zero attached hydrogens (tertiary/aromatic N) is 1. The summed E-state index contributed by atoms with van der Waals surface area (Å²) in [6, 6.07) is 13.1. The van der Waals surface area contributed by atoms with Crippen LogP contribution in [-0.4, -0.2) is 18.1 Å². The van der Waals surface area contributed by atoms with Gasteiger partial charge in [0, 0.05) is 10.6 Å². The third-order valence-corrected chi connectivity index (χ3v) is 5.09. The number of nitrogen functional groups attached to an aromatic ring is 1. The molecule has 3 aromatic rings. The van der Waals surface area contributed by atoms with E-state index in [0.29, 0.717) is 11.3 Å². The van der Waals surface area contributed by atoms with E-state index in [2.05, 4.69) is 9.72 Å². The largest absolute Gasteiger partial charge is 0.465 e. The SMILES string of the molecule is COC(=O)c1ccc(Sc2nc3ccccc3s2)c(N)c1. The van der Waals surface area contributed by atoms with Crippen LogP contribution >= 0.6 is 23.1 Å². The number of methoxy groups -OCH3 is 1. The van der Waals surface area contributed by atoms with Gasteiger partial charge in [0.05, 0.1) is 22.9 Å². The normalized spacial score (nSPS) is 10.7. The summed E-state index contributed by atoms with van der Waals surface area (Å²) in [5, 5.41) is 0. The summed E-state index contributed by atoms with van der Waals surface area (Å²) in [4.78, 5) is 16.9. The van der Waals surface area contributed by atoms with Gasteiger partial charge in [0.15, 0.2) is 4.34 Å². The van der Waals surface area contributed by atoms with E-state index in [9.17, 15) is 4.79 Å². The van der Waals surface area contributed by atoms with E-state index in [1.807, 2.05) is 30.3 Å². The maximum Gasteiger partial charge on any atom is 0.337 e. The van der Waals surface area contributed by atoms with Crippen LogP contribution < -0.4 is 5.73 Å². The average molecular weight is 316 g/mol. The first-order valence-corrected chi connectivity index (χ1v) is 7.82. The fraction of sp³-hybridized carbons (Fsp3) is 0.0667. The van der Waals surface area contributed by atoms with E-state index in [-0.39, 0.29) is 0 Å². The molecule has 106 valence electrons. The summed E-state index contributed by atoms with van der Waals surface area (Å²) in [5.41, 5.74) is 7.98. The van der Waals surface area contributed by atoms with Crippen molar-refractivity contribution in [1.82, 2.24) is 4.98 Å².